The zero-order valence-electron chi connectivity index (χ0n) is 13.9. The molecule has 0 saturated carbocycles. The van der Waals surface area contributed by atoms with Crippen LogP contribution < -0.4 is 5.56 Å². The van der Waals surface area contributed by atoms with E-state index in [-0.39, 0.29) is 11.5 Å². The van der Waals surface area contributed by atoms with Crippen molar-refractivity contribution >= 4 is 16.7 Å². The number of aromatic amines is 1. The predicted octanol–water partition coefficient (Wildman–Crippen LogP) is 3.55. The molecule has 0 bridgehead atoms. The van der Waals surface area contributed by atoms with Crippen molar-refractivity contribution in [2.45, 2.75) is 18.8 Å². The van der Waals surface area contributed by atoms with Crippen LogP contribution in [0, 0.1) is 0 Å². The van der Waals surface area contributed by atoms with E-state index in [1.165, 1.54) is 28.6 Å². The van der Waals surface area contributed by atoms with Crippen LogP contribution in [0.25, 0.3) is 10.8 Å². The minimum absolute atomic E-state index is 0.00683. The third-order valence-corrected chi connectivity index (χ3v) is 5.08. The number of hydrogen-bond donors (Lipinski definition) is 1. The summed E-state index contributed by atoms with van der Waals surface area (Å²) < 4.78 is 0. The molecule has 4 rings (SSSR count). The van der Waals surface area contributed by atoms with Gasteiger partial charge in [0.05, 0.1) is 5.56 Å². The van der Waals surface area contributed by atoms with Gasteiger partial charge in [0.25, 0.3) is 5.91 Å². The highest BCUT2D eigenvalue weighted by molar-refractivity contribution is 5.94. The summed E-state index contributed by atoms with van der Waals surface area (Å²) in [6, 6.07) is 18.0. The third-order valence-electron chi connectivity index (χ3n) is 5.08. The van der Waals surface area contributed by atoms with Crippen molar-refractivity contribution in [2.24, 2.45) is 0 Å². The van der Waals surface area contributed by atoms with Crippen LogP contribution in [-0.4, -0.2) is 28.9 Å². The first-order chi connectivity index (χ1) is 12.2. The fourth-order valence-electron chi connectivity index (χ4n) is 3.73. The molecule has 1 amide bonds. The number of piperidine rings is 1. The number of nitrogens with zero attached hydrogens (tertiary/aromatic N) is 1. The number of rotatable bonds is 2. The van der Waals surface area contributed by atoms with E-state index in [4.69, 9.17) is 0 Å². The van der Waals surface area contributed by atoms with Gasteiger partial charge in [0.15, 0.2) is 0 Å². The molecule has 126 valence electrons. The topological polar surface area (TPSA) is 53.2 Å². The van der Waals surface area contributed by atoms with Crippen LogP contribution in [-0.2, 0) is 0 Å². The first-order valence-corrected chi connectivity index (χ1v) is 8.68. The molecule has 4 heteroatoms. The van der Waals surface area contributed by atoms with Gasteiger partial charge in [-0.25, -0.2) is 0 Å². The second-order valence-corrected chi connectivity index (χ2v) is 6.58. The molecular formula is C21H20N2O2. The van der Waals surface area contributed by atoms with Crippen LogP contribution in [0.15, 0.2) is 65.6 Å². The predicted molar refractivity (Wildman–Crippen MR) is 98.9 cm³/mol. The van der Waals surface area contributed by atoms with Crippen LogP contribution in [0.2, 0.25) is 0 Å². The second-order valence-electron chi connectivity index (χ2n) is 6.58. The monoisotopic (exact) mass is 332 g/mol. The SMILES string of the molecule is O=C(c1ccc(=O)[nH]c1)N1CCC(c2cccc3ccccc23)CC1. The number of carbonyl (C=O) groups excluding carboxylic acids is 1. The van der Waals surface area contributed by atoms with Crippen molar-refractivity contribution < 1.29 is 4.79 Å². The Kier molecular flexibility index (Phi) is 4.10. The first kappa shape index (κ1) is 15.6. The van der Waals surface area contributed by atoms with Crippen LogP contribution in [0.5, 0.6) is 0 Å². The van der Waals surface area contributed by atoms with Gasteiger partial charge in [0, 0.05) is 25.4 Å². The molecule has 1 saturated heterocycles. The maximum atomic E-state index is 12.6. The van der Waals surface area contributed by atoms with Gasteiger partial charge in [-0.2, -0.15) is 0 Å². The molecule has 2 aromatic carbocycles. The van der Waals surface area contributed by atoms with Crippen molar-refractivity contribution in [3.05, 3.63) is 82.3 Å². The maximum Gasteiger partial charge on any atom is 0.255 e. The lowest BCUT2D eigenvalue weighted by Crippen LogP contribution is -2.38. The molecule has 0 radical (unpaired) electrons. The van der Waals surface area contributed by atoms with Gasteiger partial charge in [-0.05, 0) is 41.2 Å². The van der Waals surface area contributed by atoms with E-state index < -0.39 is 0 Å². The highest BCUT2D eigenvalue weighted by Crippen LogP contribution is 2.33. The first-order valence-electron chi connectivity index (χ1n) is 8.68. The smallest absolute Gasteiger partial charge is 0.255 e. The van der Waals surface area contributed by atoms with Gasteiger partial charge in [0.1, 0.15) is 0 Å². The maximum absolute atomic E-state index is 12.6. The molecule has 0 aliphatic carbocycles. The number of benzene rings is 2. The number of H-pyrrole nitrogens is 1. The highest BCUT2D eigenvalue weighted by atomic mass is 16.2. The average Bonchev–Trinajstić information content (AvgIpc) is 2.68. The van der Waals surface area contributed by atoms with E-state index in [0.29, 0.717) is 11.5 Å². The van der Waals surface area contributed by atoms with Gasteiger partial charge in [-0.3, -0.25) is 9.59 Å². The van der Waals surface area contributed by atoms with Crippen molar-refractivity contribution in [3.8, 4) is 0 Å². The Balaban J connectivity index is 1.50. The van der Waals surface area contributed by atoms with Crippen molar-refractivity contribution in [3.63, 3.8) is 0 Å². The molecule has 4 nitrogen and oxygen atoms in total. The number of carbonyl (C=O) groups is 1. The van der Waals surface area contributed by atoms with Gasteiger partial charge in [-0.1, -0.05) is 42.5 Å². The lowest BCUT2D eigenvalue weighted by molar-refractivity contribution is 0.0713. The second kappa shape index (κ2) is 6.55. The van der Waals surface area contributed by atoms with E-state index >= 15 is 0 Å². The summed E-state index contributed by atoms with van der Waals surface area (Å²) in [5.41, 5.74) is 1.74. The van der Waals surface area contributed by atoms with Gasteiger partial charge in [0.2, 0.25) is 5.56 Å². The molecule has 2 heterocycles. The van der Waals surface area contributed by atoms with Crippen molar-refractivity contribution in [2.75, 3.05) is 13.1 Å². The number of amides is 1. The summed E-state index contributed by atoms with van der Waals surface area (Å²) in [4.78, 5) is 28.2. The third kappa shape index (κ3) is 3.07. The molecule has 1 aromatic heterocycles. The Morgan fingerprint density at radius 2 is 1.72 bits per heavy atom. The van der Waals surface area contributed by atoms with Gasteiger partial charge < -0.3 is 9.88 Å². The summed E-state index contributed by atoms with van der Waals surface area (Å²) in [6.45, 7) is 1.48. The largest absolute Gasteiger partial charge is 0.339 e. The normalized spacial score (nSPS) is 15.4. The fraction of sp³-hybridized carbons (Fsp3) is 0.238. The molecule has 0 atom stereocenters. The molecule has 0 unspecified atom stereocenters. The number of likely N-dealkylation sites (tertiary alicyclic amines) is 1. The minimum atomic E-state index is -0.189. The van der Waals surface area contributed by atoms with Crippen molar-refractivity contribution in [1.29, 1.82) is 0 Å². The number of fused-ring (bicyclic) bond motifs is 1. The summed E-state index contributed by atoms with van der Waals surface area (Å²) in [7, 11) is 0. The summed E-state index contributed by atoms with van der Waals surface area (Å²) in [6.07, 6.45) is 3.42. The Morgan fingerprint density at radius 3 is 2.48 bits per heavy atom. The standard InChI is InChI=1S/C21H20N2O2/c24-20-9-8-17(14-22-20)21(25)23-12-10-16(11-13-23)19-7-3-5-15-4-1-2-6-18(15)19/h1-9,14,16H,10-13H2,(H,22,24). The van der Waals surface area contributed by atoms with E-state index in [9.17, 15) is 9.59 Å². The summed E-state index contributed by atoms with van der Waals surface area (Å²) in [5.74, 6) is 0.471. The molecular weight excluding hydrogens is 312 g/mol. The fourth-order valence-corrected chi connectivity index (χ4v) is 3.73. The van der Waals surface area contributed by atoms with Gasteiger partial charge in [-0.15, -0.1) is 0 Å². The van der Waals surface area contributed by atoms with Crippen LogP contribution in [0.1, 0.15) is 34.7 Å². The van der Waals surface area contributed by atoms with Crippen molar-refractivity contribution in [1.82, 2.24) is 9.88 Å². The Bertz CT molecular complexity index is 943. The van der Waals surface area contributed by atoms with E-state index in [0.717, 1.165) is 25.9 Å². The summed E-state index contributed by atoms with van der Waals surface area (Å²) in [5, 5.41) is 2.59. The zero-order valence-corrected chi connectivity index (χ0v) is 13.9. The molecule has 1 N–H and O–H groups in total. The lowest BCUT2D eigenvalue weighted by atomic mass is 9.86. The van der Waals surface area contributed by atoms with Gasteiger partial charge >= 0.3 is 0 Å². The number of aromatic nitrogens is 1. The molecule has 25 heavy (non-hydrogen) atoms. The molecule has 1 aliphatic heterocycles. The minimum Gasteiger partial charge on any atom is -0.339 e. The Hall–Kier alpha value is -2.88. The van der Waals surface area contributed by atoms with Crippen LogP contribution in [0.3, 0.4) is 0 Å². The van der Waals surface area contributed by atoms with E-state index in [2.05, 4.69) is 47.4 Å². The number of nitrogens with one attached hydrogen (secondary N) is 1. The zero-order chi connectivity index (χ0) is 17.2. The van der Waals surface area contributed by atoms with Crippen LogP contribution in [0.4, 0.5) is 0 Å². The van der Waals surface area contributed by atoms with E-state index in [1.807, 2.05) is 4.90 Å². The number of hydrogen-bond acceptors (Lipinski definition) is 2. The average molecular weight is 332 g/mol. The quantitative estimate of drug-likeness (QED) is 0.780. The van der Waals surface area contributed by atoms with E-state index in [1.54, 1.807) is 6.07 Å². The highest BCUT2D eigenvalue weighted by Gasteiger charge is 2.25. The molecule has 1 aliphatic rings. The molecule has 3 aromatic rings. The lowest BCUT2D eigenvalue weighted by Gasteiger charge is -2.32. The summed E-state index contributed by atoms with van der Waals surface area (Å²) >= 11 is 0. The molecule has 1 fully saturated rings. The number of pyridine rings is 1. The Morgan fingerprint density at radius 1 is 0.960 bits per heavy atom. The molecule has 0 spiro atoms. The van der Waals surface area contributed by atoms with Crippen LogP contribution >= 0.6 is 0 Å². The Labute approximate surface area is 146 Å².